The summed E-state index contributed by atoms with van der Waals surface area (Å²) >= 11 is 11.8. The molecule has 0 aliphatic heterocycles. The highest BCUT2D eigenvalue weighted by molar-refractivity contribution is 7.89. The van der Waals surface area contributed by atoms with Gasteiger partial charge in [-0.25, -0.2) is 17.5 Å². The van der Waals surface area contributed by atoms with E-state index in [0.717, 1.165) is 41.6 Å². The number of rotatable bonds is 5. The van der Waals surface area contributed by atoms with Crippen molar-refractivity contribution in [1.29, 1.82) is 0 Å². The van der Waals surface area contributed by atoms with Gasteiger partial charge in [-0.05, 0) is 68.1 Å². The molecule has 1 aromatic heterocycles. The summed E-state index contributed by atoms with van der Waals surface area (Å²) in [5.74, 6) is -0.645. The summed E-state index contributed by atoms with van der Waals surface area (Å²) in [5, 5.41) is 4.98. The van der Waals surface area contributed by atoms with Crippen LogP contribution in [-0.2, 0) is 10.0 Å². The smallest absolute Gasteiger partial charge is 0.240 e. The average Bonchev–Trinajstić information content (AvgIpc) is 2.71. The predicted octanol–water partition coefficient (Wildman–Crippen LogP) is 5.38. The van der Waals surface area contributed by atoms with Gasteiger partial charge in [0.05, 0.1) is 15.4 Å². The highest BCUT2D eigenvalue weighted by atomic mass is 35.5. The quantitative estimate of drug-likeness (QED) is 0.528. The maximum absolute atomic E-state index is 13.3. The Hall–Kier alpha value is -1.93. The third-order valence-electron chi connectivity index (χ3n) is 5.31. The molecule has 3 aromatic rings. The van der Waals surface area contributed by atoms with E-state index in [9.17, 15) is 12.8 Å². The lowest BCUT2D eigenvalue weighted by atomic mass is 9.91. The summed E-state index contributed by atoms with van der Waals surface area (Å²) < 4.78 is 41.2. The Kier molecular flexibility index (Phi) is 6.16. The van der Waals surface area contributed by atoms with Crippen molar-refractivity contribution in [2.24, 2.45) is 0 Å². The highest BCUT2D eigenvalue weighted by Crippen LogP contribution is 2.29. The summed E-state index contributed by atoms with van der Waals surface area (Å²) in [6.45, 7) is 0. The molecule has 1 heterocycles. The minimum absolute atomic E-state index is 0.0314. The highest BCUT2D eigenvalue weighted by Gasteiger charge is 2.26. The van der Waals surface area contributed by atoms with Crippen LogP contribution in [0.2, 0.25) is 10.0 Å². The van der Waals surface area contributed by atoms with Crippen molar-refractivity contribution in [2.45, 2.75) is 42.7 Å². The van der Waals surface area contributed by atoms with Crippen molar-refractivity contribution >= 4 is 49.8 Å². The molecule has 1 fully saturated rings. The standard InChI is InChI=1S/C21H20Cl2FN3O2S/c22-13-1-7-17-20(9-10-25-21(17)11-13)26-14-2-4-15(5-3-14)27-30(28,29)16-6-8-19(24)18(23)12-16/h1,6-12,14-15,27H,2-5H2,(H,25,26). The predicted molar refractivity (Wildman–Crippen MR) is 118 cm³/mol. The number of pyridine rings is 1. The van der Waals surface area contributed by atoms with Crippen LogP contribution in [0.4, 0.5) is 10.1 Å². The van der Waals surface area contributed by atoms with Gasteiger partial charge in [0.25, 0.3) is 0 Å². The molecular formula is C21H20Cl2FN3O2S. The van der Waals surface area contributed by atoms with Crippen LogP contribution < -0.4 is 10.0 Å². The molecule has 9 heteroatoms. The van der Waals surface area contributed by atoms with E-state index in [2.05, 4.69) is 15.0 Å². The maximum atomic E-state index is 13.3. The Balaban J connectivity index is 1.39. The molecule has 0 bridgehead atoms. The van der Waals surface area contributed by atoms with Crippen LogP contribution in [0, 0.1) is 5.82 Å². The van der Waals surface area contributed by atoms with Gasteiger partial charge in [-0.3, -0.25) is 4.98 Å². The molecule has 30 heavy (non-hydrogen) atoms. The van der Waals surface area contributed by atoms with Crippen LogP contribution in [-0.4, -0.2) is 25.5 Å². The largest absolute Gasteiger partial charge is 0.382 e. The number of aromatic nitrogens is 1. The molecule has 0 amide bonds. The average molecular weight is 468 g/mol. The molecule has 0 spiro atoms. The van der Waals surface area contributed by atoms with Crippen molar-refractivity contribution < 1.29 is 12.8 Å². The summed E-state index contributed by atoms with van der Waals surface area (Å²) in [6.07, 6.45) is 4.76. The summed E-state index contributed by atoms with van der Waals surface area (Å²) in [5.41, 5.74) is 1.81. The molecule has 2 N–H and O–H groups in total. The fourth-order valence-electron chi connectivity index (χ4n) is 3.75. The Bertz CT molecular complexity index is 1180. The Morgan fingerprint density at radius 3 is 2.43 bits per heavy atom. The third kappa shape index (κ3) is 4.70. The maximum Gasteiger partial charge on any atom is 0.240 e. The van der Waals surface area contributed by atoms with Gasteiger partial charge in [-0.15, -0.1) is 0 Å². The van der Waals surface area contributed by atoms with Crippen molar-refractivity contribution in [2.75, 3.05) is 5.32 Å². The van der Waals surface area contributed by atoms with Gasteiger partial charge in [0.1, 0.15) is 5.82 Å². The monoisotopic (exact) mass is 467 g/mol. The molecule has 158 valence electrons. The zero-order chi connectivity index (χ0) is 21.3. The van der Waals surface area contributed by atoms with Gasteiger partial charge in [-0.2, -0.15) is 0 Å². The van der Waals surface area contributed by atoms with Crippen molar-refractivity contribution in [3.8, 4) is 0 Å². The van der Waals surface area contributed by atoms with Gasteiger partial charge < -0.3 is 5.32 Å². The van der Waals surface area contributed by atoms with Crippen LogP contribution in [0.1, 0.15) is 25.7 Å². The van der Waals surface area contributed by atoms with E-state index in [1.807, 2.05) is 24.3 Å². The molecule has 0 atom stereocenters. The van der Waals surface area contributed by atoms with Crippen LogP contribution in [0.15, 0.2) is 53.6 Å². The second-order valence-electron chi connectivity index (χ2n) is 7.41. The molecule has 0 saturated heterocycles. The molecule has 0 unspecified atom stereocenters. The second-order valence-corrected chi connectivity index (χ2v) is 9.97. The van der Waals surface area contributed by atoms with E-state index >= 15 is 0 Å². The first-order chi connectivity index (χ1) is 14.3. The molecule has 4 rings (SSSR count). The van der Waals surface area contributed by atoms with Gasteiger partial charge in [0.2, 0.25) is 10.0 Å². The second kappa shape index (κ2) is 8.67. The number of hydrogen-bond acceptors (Lipinski definition) is 4. The van der Waals surface area contributed by atoms with Crippen LogP contribution >= 0.6 is 23.2 Å². The molecule has 1 saturated carbocycles. The van der Waals surface area contributed by atoms with E-state index in [1.54, 1.807) is 6.20 Å². The first-order valence-electron chi connectivity index (χ1n) is 9.60. The number of hydrogen-bond donors (Lipinski definition) is 2. The number of halogens is 3. The zero-order valence-corrected chi connectivity index (χ0v) is 18.2. The van der Waals surface area contributed by atoms with Crippen LogP contribution in [0.25, 0.3) is 10.9 Å². The normalized spacial score (nSPS) is 19.7. The van der Waals surface area contributed by atoms with Crippen molar-refractivity contribution in [3.63, 3.8) is 0 Å². The van der Waals surface area contributed by atoms with E-state index in [0.29, 0.717) is 17.9 Å². The summed E-state index contributed by atoms with van der Waals surface area (Å²) in [4.78, 5) is 4.32. The lowest BCUT2D eigenvalue weighted by molar-refractivity contribution is 0.387. The number of fused-ring (bicyclic) bond motifs is 1. The van der Waals surface area contributed by atoms with Crippen LogP contribution in [0.5, 0.6) is 0 Å². The third-order valence-corrected chi connectivity index (χ3v) is 7.36. The van der Waals surface area contributed by atoms with Crippen molar-refractivity contribution in [1.82, 2.24) is 9.71 Å². The van der Waals surface area contributed by atoms with E-state index in [4.69, 9.17) is 23.2 Å². The van der Waals surface area contributed by atoms with Gasteiger partial charge in [-0.1, -0.05) is 23.2 Å². The Labute approximate surface area is 184 Å². The van der Waals surface area contributed by atoms with Gasteiger partial charge >= 0.3 is 0 Å². The Morgan fingerprint density at radius 1 is 0.967 bits per heavy atom. The minimum atomic E-state index is -3.75. The summed E-state index contributed by atoms with van der Waals surface area (Å²) in [7, 11) is -3.75. The van der Waals surface area contributed by atoms with Gasteiger partial charge in [0.15, 0.2) is 0 Å². The molecule has 1 aliphatic rings. The fraction of sp³-hybridized carbons (Fsp3) is 0.286. The SMILES string of the molecule is O=S(=O)(NC1CCC(Nc2ccnc3cc(Cl)ccc23)CC1)c1ccc(F)c(Cl)c1. The molecule has 2 aromatic carbocycles. The van der Waals surface area contributed by atoms with Crippen LogP contribution in [0.3, 0.4) is 0 Å². The number of nitrogens with zero attached hydrogens (tertiary/aromatic N) is 1. The summed E-state index contributed by atoms with van der Waals surface area (Å²) in [6, 6.07) is 11.0. The number of benzene rings is 2. The van der Waals surface area contributed by atoms with E-state index in [1.165, 1.54) is 6.07 Å². The topological polar surface area (TPSA) is 71.1 Å². The Morgan fingerprint density at radius 2 is 1.70 bits per heavy atom. The zero-order valence-electron chi connectivity index (χ0n) is 15.9. The minimum Gasteiger partial charge on any atom is -0.382 e. The van der Waals surface area contributed by atoms with Crippen molar-refractivity contribution in [3.05, 3.63) is 64.5 Å². The molecule has 1 aliphatic carbocycles. The number of sulfonamides is 1. The molecule has 0 radical (unpaired) electrons. The van der Waals surface area contributed by atoms with Gasteiger partial charge in [0, 0.05) is 34.4 Å². The number of anilines is 1. The number of nitrogens with one attached hydrogen (secondary N) is 2. The van der Waals surface area contributed by atoms with E-state index in [-0.39, 0.29) is 22.0 Å². The van der Waals surface area contributed by atoms with E-state index < -0.39 is 15.8 Å². The lowest BCUT2D eigenvalue weighted by Crippen LogP contribution is -2.40. The lowest BCUT2D eigenvalue weighted by Gasteiger charge is -2.30. The first kappa shape index (κ1) is 21.3. The molecular weight excluding hydrogens is 448 g/mol. The first-order valence-corrected chi connectivity index (χ1v) is 11.8. The molecule has 5 nitrogen and oxygen atoms in total. The fourth-order valence-corrected chi connectivity index (χ4v) is 5.50.